The second-order valence-corrected chi connectivity index (χ2v) is 18.3. The van der Waals surface area contributed by atoms with Gasteiger partial charge in [0.1, 0.15) is 0 Å². The van der Waals surface area contributed by atoms with Gasteiger partial charge in [-0.15, -0.1) is 0 Å². The molecule has 4 aromatic rings. The molecule has 2 unspecified atom stereocenters. The normalized spacial score (nSPS) is 18.5. The molecule has 2 atom stereocenters. The zero-order valence-electron chi connectivity index (χ0n) is 27.6. The Bertz CT molecular complexity index is 1980. The highest BCUT2D eigenvalue weighted by Gasteiger charge is 2.29. The summed E-state index contributed by atoms with van der Waals surface area (Å²) in [4.78, 5) is 4.63. The maximum Gasteiger partial charge on any atom is 0.240 e. The van der Waals surface area contributed by atoms with Crippen LogP contribution in [0, 0.1) is 0 Å². The molecule has 0 amide bonds. The number of fused-ring (bicyclic) bond motifs is 2. The molecule has 4 aromatic carbocycles. The average molecular weight is 797 g/mol. The monoisotopic (exact) mass is 794 g/mol. The van der Waals surface area contributed by atoms with Crippen LogP contribution in [0.15, 0.2) is 82.6 Å². The molecule has 50 heavy (non-hydrogen) atoms. The van der Waals surface area contributed by atoms with Gasteiger partial charge in [0.25, 0.3) is 0 Å². The predicted molar refractivity (Wildman–Crippen MR) is 202 cm³/mol. The van der Waals surface area contributed by atoms with E-state index in [1.54, 1.807) is 48.5 Å². The molecular formula is C36H38Cl4N4O4S2. The molecule has 0 spiro atoms. The SMILES string of the molecule is CN1Cc2c(Cl)cc(Cl)cc2C(c2cccc(S(=O)(=O)NCCCCNS(=O)(=O)c3cccc(C4CN(C)Cc5c(Cl)cc(Cl)cc54)c3)c2)C1. The van der Waals surface area contributed by atoms with E-state index in [-0.39, 0.29) is 34.7 Å². The molecule has 2 N–H and O–H groups in total. The molecule has 0 saturated carbocycles. The van der Waals surface area contributed by atoms with Crippen molar-refractivity contribution in [2.45, 2.75) is 47.6 Å². The average Bonchev–Trinajstić information content (AvgIpc) is 3.06. The van der Waals surface area contributed by atoms with E-state index in [9.17, 15) is 16.8 Å². The molecule has 0 fully saturated rings. The Morgan fingerprint density at radius 3 is 1.42 bits per heavy atom. The molecule has 2 aliphatic rings. The maximum atomic E-state index is 13.3. The van der Waals surface area contributed by atoms with Crippen LogP contribution in [0.5, 0.6) is 0 Å². The molecule has 6 rings (SSSR count). The number of nitrogens with zero attached hydrogens (tertiary/aromatic N) is 2. The van der Waals surface area contributed by atoms with Crippen LogP contribution < -0.4 is 9.44 Å². The summed E-state index contributed by atoms with van der Waals surface area (Å²) in [6.07, 6.45) is 0.873. The van der Waals surface area contributed by atoms with Gasteiger partial charge in [0.2, 0.25) is 20.0 Å². The molecule has 2 heterocycles. The number of unbranched alkanes of at least 4 members (excludes halogenated alkanes) is 1. The Hall–Kier alpha value is -2.22. The van der Waals surface area contributed by atoms with Gasteiger partial charge >= 0.3 is 0 Å². The lowest BCUT2D eigenvalue weighted by Crippen LogP contribution is -2.31. The van der Waals surface area contributed by atoms with Gasteiger partial charge < -0.3 is 9.80 Å². The van der Waals surface area contributed by atoms with Crippen LogP contribution in [0.2, 0.25) is 20.1 Å². The highest BCUT2D eigenvalue weighted by atomic mass is 35.5. The van der Waals surface area contributed by atoms with Gasteiger partial charge in [0.05, 0.1) is 9.79 Å². The number of rotatable bonds is 11. The Balaban J connectivity index is 1.05. The van der Waals surface area contributed by atoms with Crippen LogP contribution in [0.3, 0.4) is 0 Å². The lowest BCUT2D eigenvalue weighted by molar-refractivity contribution is 0.295. The zero-order chi connectivity index (χ0) is 35.8. The van der Waals surface area contributed by atoms with Gasteiger partial charge in [0, 0.05) is 71.2 Å². The fraction of sp³-hybridized carbons (Fsp3) is 0.333. The minimum atomic E-state index is -3.81. The number of hydrogen-bond donors (Lipinski definition) is 2. The van der Waals surface area contributed by atoms with Crippen LogP contribution in [0.4, 0.5) is 0 Å². The highest BCUT2D eigenvalue weighted by molar-refractivity contribution is 7.89. The van der Waals surface area contributed by atoms with Crippen LogP contribution >= 0.6 is 46.4 Å². The quantitative estimate of drug-likeness (QED) is 0.153. The second-order valence-electron chi connectivity index (χ2n) is 13.1. The first-order chi connectivity index (χ1) is 23.7. The number of halogens is 4. The van der Waals surface area contributed by atoms with E-state index >= 15 is 0 Å². The van der Waals surface area contributed by atoms with Crippen molar-refractivity contribution in [1.82, 2.24) is 19.2 Å². The molecule has 0 aromatic heterocycles. The van der Waals surface area contributed by atoms with E-state index < -0.39 is 20.0 Å². The summed E-state index contributed by atoms with van der Waals surface area (Å²) >= 11 is 25.7. The number of sulfonamides is 2. The first-order valence-electron chi connectivity index (χ1n) is 16.2. The second kappa shape index (κ2) is 15.4. The Labute approximate surface area is 314 Å². The fourth-order valence-electron chi connectivity index (χ4n) is 6.89. The van der Waals surface area contributed by atoms with Crippen molar-refractivity contribution in [3.8, 4) is 0 Å². The first kappa shape index (κ1) is 37.5. The van der Waals surface area contributed by atoms with Gasteiger partial charge in [0.15, 0.2) is 0 Å². The van der Waals surface area contributed by atoms with Crippen molar-refractivity contribution in [2.24, 2.45) is 0 Å². The van der Waals surface area contributed by atoms with Crippen LogP contribution in [0.25, 0.3) is 0 Å². The molecule has 266 valence electrons. The molecule has 0 radical (unpaired) electrons. The molecule has 0 aliphatic carbocycles. The van der Waals surface area contributed by atoms with E-state index in [2.05, 4.69) is 19.2 Å². The molecule has 8 nitrogen and oxygen atoms in total. The maximum absolute atomic E-state index is 13.3. The van der Waals surface area contributed by atoms with Crippen LogP contribution in [-0.2, 0) is 33.1 Å². The smallest absolute Gasteiger partial charge is 0.240 e. The largest absolute Gasteiger partial charge is 0.301 e. The van der Waals surface area contributed by atoms with E-state index in [1.165, 1.54) is 0 Å². The van der Waals surface area contributed by atoms with Gasteiger partial charge in [-0.05, 0) is 109 Å². The summed E-state index contributed by atoms with van der Waals surface area (Å²) in [5.74, 6) is -0.193. The van der Waals surface area contributed by atoms with Gasteiger partial charge in [-0.3, -0.25) is 0 Å². The summed E-state index contributed by atoms with van der Waals surface area (Å²) < 4.78 is 58.4. The van der Waals surface area contributed by atoms with Gasteiger partial charge in [-0.2, -0.15) is 0 Å². The van der Waals surface area contributed by atoms with E-state index in [0.717, 1.165) is 33.4 Å². The summed E-state index contributed by atoms with van der Waals surface area (Å²) in [5, 5.41) is 2.28. The molecular weight excluding hydrogens is 758 g/mol. The molecule has 14 heteroatoms. The third-order valence-corrected chi connectivity index (χ3v) is 13.3. The number of benzene rings is 4. The van der Waals surface area contributed by atoms with Crippen molar-refractivity contribution >= 4 is 66.5 Å². The van der Waals surface area contributed by atoms with Crippen LogP contribution in [0.1, 0.15) is 58.1 Å². The molecule has 2 aliphatic heterocycles. The summed E-state index contributed by atoms with van der Waals surface area (Å²) in [5.41, 5.74) is 5.68. The van der Waals surface area contributed by atoms with Gasteiger partial charge in [-0.25, -0.2) is 26.3 Å². The topological polar surface area (TPSA) is 98.8 Å². The molecule has 0 bridgehead atoms. The zero-order valence-corrected chi connectivity index (χ0v) is 32.3. The van der Waals surface area contributed by atoms with E-state index in [1.807, 2.05) is 38.4 Å². The highest BCUT2D eigenvalue weighted by Crippen LogP contribution is 2.40. The number of hydrogen-bond acceptors (Lipinski definition) is 6. The Morgan fingerprint density at radius 2 is 1.02 bits per heavy atom. The minimum absolute atomic E-state index is 0.0966. The third kappa shape index (κ3) is 8.36. The Kier molecular flexibility index (Phi) is 11.6. The predicted octanol–water partition coefficient (Wildman–Crippen LogP) is 7.49. The van der Waals surface area contributed by atoms with Crippen molar-refractivity contribution in [3.05, 3.63) is 126 Å². The standard InChI is InChI=1S/C36H38Cl4N4O4S2/c1-43-19-31(29-15-25(37)17-35(39)33(29)21-43)23-7-5-9-27(13-23)49(45,46)41-11-3-4-12-42-50(47,48)28-10-6-8-24(14-28)32-20-44(2)22-34-30(32)16-26(38)18-36(34)40/h5-10,13-18,31-32,41-42H,3-4,11-12,19-22H2,1-2H3. The van der Waals surface area contributed by atoms with E-state index in [4.69, 9.17) is 46.4 Å². The van der Waals surface area contributed by atoms with Gasteiger partial charge in [-0.1, -0.05) is 70.7 Å². The lowest BCUT2D eigenvalue weighted by Gasteiger charge is -2.33. The lowest BCUT2D eigenvalue weighted by atomic mass is 9.85. The third-order valence-electron chi connectivity index (χ3n) is 9.31. The first-order valence-corrected chi connectivity index (χ1v) is 20.7. The van der Waals surface area contributed by atoms with Crippen molar-refractivity contribution in [3.63, 3.8) is 0 Å². The number of likely N-dealkylation sites (N-methyl/N-ethyl adjacent to an activating group) is 2. The van der Waals surface area contributed by atoms with Crippen molar-refractivity contribution in [1.29, 1.82) is 0 Å². The Morgan fingerprint density at radius 1 is 0.620 bits per heavy atom. The summed E-state index contributed by atoms with van der Waals surface area (Å²) in [7, 11) is -3.61. The fourth-order valence-corrected chi connectivity index (χ4v) is 10.3. The summed E-state index contributed by atoms with van der Waals surface area (Å²) in [6, 6.07) is 21.1. The van der Waals surface area contributed by atoms with E-state index in [0.29, 0.717) is 59.1 Å². The van der Waals surface area contributed by atoms with Crippen molar-refractivity contribution in [2.75, 3.05) is 40.3 Å². The van der Waals surface area contributed by atoms with Crippen molar-refractivity contribution < 1.29 is 16.8 Å². The minimum Gasteiger partial charge on any atom is -0.301 e. The van der Waals surface area contributed by atoms with Crippen LogP contribution in [-0.4, -0.2) is 66.9 Å². The number of nitrogens with one attached hydrogen (secondary N) is 2. The molecule has 0 saturated heterocycles. The summed E-state index contributed by atoms with van der Waals surface area (Å²) in [6.45, 7) is 3.06.